The van der Waals surface area contributed by atoms with E-state index in [4.69, 9.17) is 27.9 Å². The molecule has 0 unspecified atom stereocenters. The third kappa shape index (κ3) is 6.09. The predicted octanol–water partition coefficient (Wildman–Crippen LogP) is 4.51. The molecular weight excluding hydrogens is 428 g/mol. The number of hydrogen-bond donors (Lipinski definition) is 5. The Morgan fingerprint density at radius 1 is 1.00 bits per heavy atom. The van der Waals surface area contributed by atoms with Crippen LogP contribution in [-0.4, -0.2) is 22.8 Å². The molecule has 164 valence electrons. The van der Waals surface area contributed by atoms with Crippen LogP contribution in [0.1, 0.15) is 33.5 Å². The molecule has 7 nitrogen and oxygen atoms in total. The van der Waals surface area contributed by atoms with Crippen LogP contribution in [0.2, 0.25) is 5.02 Å². The van der Waals surface area contributed by atoms with Crippen LogP contribution in [0, 0.1) is 5.41 Å². The third-order valence-corrected chi connectivity index (χ3v) is 5.11. The second-order valence-electron chi connectivity index (χ2n) is 7.15. The molecular formula is C24H23ClN4O3. The van der Waals surface area contributed by atoms with Gasteiger partial charge in [0.25, 0.3) is 5.91 Å². The molecule has 0 aliphatic heterocycles. The molecule has 3 aromatic rings. The van der Waals surface area contributed by atoms with Crippen molar-refractivity contribution in [2.45, 2.75) is 19.4 Å². The largest absolute Gasteiger partial charge is 0.481 e. The highest BCUT2D eigenvalue weighted by molar-refractivity contribution is 6.31. The molecule has 3 rings (SSSR count). The van der Waals surface area contributed by atoms with Gasteiger partial charge in [0.1, 0.15) is 5.84 Å². The average molecular weight is 451 g/mol. The van der Waals surface area contributed by atoms with E-state index in [2.05, 4.69) is 10.6 Å². The molecule has 0 spiro atoms. The van der Waals surface area contributed by atoms with Gasteiger partial charge in [0.05, 0.1) is 5.56 Å². The maximum absolute atomic E-state index is 12.9. The number of amidine groups is 1. The monoisotopic (exact) mass is 450 g/mol. The Bertz CT molecular complexity index is 1150. The first-order chi connectivity index (χ1) is 15.3. The molecule has 0 aliphatic carbocycles. The highest BCUT2D eigenvalue weighted by Crippen LogP contribution is 2.24. The molecule has 32 heavy (non-hydrogen) atoms. The van der Waals surface area contributed by atoms with Crippen molar-refractivity contribution in [2.24, 2.45) is 5.73 Å². The van der Waals surface area contributed by atoms with Crippen LogP contribution in [0.4, 0.5) is 11.4 Å². The summed E-state index contributed by atoms with van der Waals surface area (Å²) in [6.45, 7) is 0.422. The van der Waals surface area contributed by atoms with Crippen LogP contribution in [0.3, 0.4) is 0 Å². The lowest BCUT2D eigenvalue weighted by Crippen LogP contribution is -2.16. The zero-order chi connectivity index (χ0) is 23.1. The Labute approximate surface area is 190 Å². The molecule has 8 heteroatoms. The number of rotatable bonds is 9. The van der Waals surface area contributed by atoms with E-state index in [1.807, 2.05) is 24.3 Å². The number of nitrogen functional groups attached to an aromatic ring is 1. The normalized spacial score (nSPS) is 10.4. The molecule has 0 aromatic heterocycles. The smallest absolute Gasteiger partial charge is 0.303 e. The van der Waals surface area contributed by atoms with Crippen molar-refractivity contribution in [1.82, 2.24) is 0 Å². The number of hydrogen-bond acceptors (Lipinski definition) is 4. The molecule has 0 saturated carbocycles. The van der Waals surface area contributed by atoms with E-state index in [-0.39, 0.29) is 18.2 Å². The van der Waals surface area contributed by atoms with Gasteiger partial charge in [-0.05, 0) is 60.0 Å². The first-order valence-corrected chi connectivity index (χ1v) is 10.3. The van der Waals surface area contributed by atoms with Crippen LogP contribution in [0.15, 0.2) is 66.7 Å². The lowest BCUT2D eigenvalue weighted by molar-refractivity contribution is -0.136. The standard InChI is InChI=1S/C24H23ClN4O3/c25-18-8-11-21(28-14-17-4-2-1-3-15(17)7-12-22(30)31)20(13-18)24(32)29-19-9-5-16(6-10-19)23(26)27/h1-6,8-11,13,28H,7,12,14H2,(H3,26,27)(H,29,32)(H,30,31). The molecule has 6 N–H and O–H groups in total. The minimum atomic E-state index is -0.847. The summed E-state index contributed by atoms with van der Waals surface area (Å²) in [6, 6.07) is 19.3. The molecule has 0 aliphatic rings. The second-order valence-corrected chi connectivity index (χ2v) is 7.59. The van der Waals surface area contributed by atoms with Crippen molar-refractivity contribution < 1.29 is 14.7 Å². The maximum atomic E-state index is 12.9. The molecule has 0 fully saturated rings. The van der Waals surface area contributed by atoms with Crippen LogP contribution in [-0.2, 0) is 17.8 Å². The fourth-order valence-corrected chi connectivity index (χ4v) is 3.37. The summed E-state index contributed by atoms with van der Waals surface area (Å²) < 4.78 is 0. The van der Waals surface area contributed by atoms with E-state index < -0.39 is 5.97 Å². The van der Waals surface area contributed by atoms with Gasteiger partial charge in [-0.15, -0.1) is 0 Å². The number of aryl methyl sites for hydroxylation is 1. The fraction of sp³-hybridized carbons (Fsp3) is 0.125. The van der Waals surface area contributed by atoms with Crippen LogP contribution in [0.5, 0.6) is 0 Å². The first kappa shape index (κ1) is 22.8. The third-order valence-electron chi connectivity index (χ3n) is 4.88. The highest BCUT2D eigenvalue weighted by Gasteiger charge is 2.14. The van der Waals surface area contributed by atoms with E-state index >= 15 is 0 Å². The maximum Gasteiger partial charge on any atom is 0.303 e. The van der Waals surface area contributed by atoms with Crippen LogP contribution >= 0.6 is 11.6 Å². The molecule has 0 bridgehead atoms. The van der Waals surface area contributed by atoms with Gasteiger partial charge < -0.3 is 21.5 Å². The van der Waals surface area contributed by atoms with Gasteiger partial charge in [-0.25, -0.2) is 0 Å². The lowest BCUT2D eigenvalue weighted by Gasteiger charge is -2.15. The van der Waals surface area contributed by atoms with Crippen molar-refractivity contribution in [3.8, 4) is 0 Å². The number of aliphatic carboxylic acids is 1. The van der Waals surface area contributed by atoms with Crippen molar-refractivity contribution in [3.63, 3.8) is 0 Å². The Kier molecular flexibility index (Phi) is 7.46. The van der Waals surface area contributed by atoms with Gasteiger partial charge >= 0.3 is 5.97 Å². The molecule has 0 atom stereocenters. The minimum Gasteiger partial charge on any atom is -0.481 e. The molecule has 1 amide bonds. The number of amides is 1. The number of carbonyl (C=O) groups is 2. The van der Waals surface area contributed by atoms with E-state index in [1.54, 1.807) is 42.5 Å². The van der Waals surface area contributed by atoms with Gasteiger partial charge in [0.2, 0.25) is 0 Å². The SMILES string of the molecule is N=C(N)c1ccc(NC(=O)c2cc(Cl)ccc2NCc2ccccc2CCC(=O)O)cc1. The Balaban J connectivity index is 1.76. The van der Waals surface area contributed by atoms with Crippen molar-refractivity contribution >= 4 is 40.7 Å². The molecule has 0 saturated heterocycles. The number of anilines is 2. The Hall–Kier alpha value is -3.84. The highest BCUT2D eigenvalue weighted by atomic mass is 35.5. The minimum absolute atomic E-state index is 0.0483. The summed E-state index contributed by atoms with van der Waals surface area (Å²) in [4.78, 5) is 23.8. The number of carboxylic acids is 1. The average Bonchev–Trinajstić information content (AvgIpc) is 2.77. The zero-order valence-electron chi connectivity index (χ0n) is 17.2. The summed E-state index contributed by atoms with van der Waals surface area (Å²) >= 11 is 6.13. The zero-order valence-corrected chi connectivity index (χ0v) is 17.9. The summed E-state index contributed by atoms with van der Waals surface area (Å²) in [7, 11) is 0. The number of halogens is 1. The van der Waals surface area contributed by atoms with Crippen molar-refractivity contribution in [3.05, 3.63) is 94.0 Å². The topological polar surface area (TPSA) is 128 Å². The van der Waals surface area contributed by atoms with Gasteiger partial charge in [-0.2, -0.15) is 0 Å². The van der Waals surface area contributed by atoms with Gasteiger partial charge in [-0.1, -0.05) is 35.9 Å². The van der Waals surface area contributed by atoms with E-state index in [9.17, 15) is 9.59 Å². The molecule has 0 radical (unpaired) electrons. The number of carbonyl (C=O) groups excluding carboxylic acids is 1. The first-order valence-electron chi connectivity index (χ1n) is 9.91. The molecule has 3 aromatic carbocycles. The summed E-state index contributed by atoms with van der Waals surface area (Å²) in [5.74, 6) is -1.24. The fourth-order valence-electron chi connectivity index (χ4n) is 3.20. The van der Waals surface area contributed by atoms with Crippen molar-refractivity contribution in [2.75, 3.05) is 10.6 Å². The number of nitrogens with one attached hydrogen (secondary N) is 3. The van der Waals surface area contributed by atoms with Crippen LogP contribution < -0.4 is 16.4 Å². The Morgan fingerprint density at radius 2 is 1.69 bits per heavy atom. The lowest BCUT2D eigenvalue weighted by atomic mass is 10.0. The van der Waals surface area contributed by atoms with E-state index in [1.165, 1.54) is 0 Å². The number of benzene rings is 3. The van der Waals surface area contributed by atoms with Crippen molar-refractivity contribution in [1.29, 1.82) is 5.41 Å². The van der Waals surface area contributed by atoms with Crippen LogP contribution in [0.25, 0.3) is 0 Å². The predicted molar refractivity (Wildman–Crippen MR) is 127 cm³/mol. The number of carboxylic acid groups (broad SMARTS) is 1. The van der Waals surface area contributed by atoms with E-state index in [0.29, 0.717) is 40.5 Å². The number of nitrogens with two attached hydrogens (primary N) is 1. The quantitative estimate of drug-likeness (QED) is 0.242. The van der Waals surface area contributed by atoms with Gasteiger partial charge in [-0.3, -0.25) is 15.0 Å². The molecule has 0 heterocycles. The second kappa shape index (κ2) is 10.5. The summed E-state index contributed by atoms with van der Waals surface area (Å²) in [5.41, 5.74) is 9.45. The van der Waals surface area contributed by atoms with Gasteiger partial charge in [0.15, 0.2) is 0 Å². The van der Waals surface area contributed by atoms with Gasteiger partial charge in [0, 0.05) is 34.9 Å². The van der Waals surface area contributed by atoms with E-state index in [0.717, 1.165) is 11.1 Å². The summed E-state index contributed by atoms with van der Waals surface area (Å²) in [6.07, 6.45) is 0.478. The summed E-state index contributed by atoms with van der Waals surface area (Å²) in [5, 5.41) is 22.9. The Morgan fingerprint density at radius 3 is 2.34 bits per heavy atom.